The number of rotatable bonds is 4. The van der Waals surface area contributed by atoms with Gasteiger partial charge in [-0.1, -0.05) is 6.07 Å². The van der Waals surface area contributed by atoms with Crippen molar-refractivity contribution in [1.82, 2.24) is 4.90 Å². The molecule has 5 heteroatoms. The second-order valence-electron chi connectivity index (χ2n) is 4.24. The molecule has 0 bridgehead atoms. The fraction of sp³-hybridized carbons (Fsp3) is 0.385. The first-order valence-corrected chi connectivity index (χ1v) is 6.56. The molecule has 1 aromatic carbocycles. The summed E-state index contributed by atoms with van der Waals surface area (Å²) in [6.07, 6.45) is 2.15. The van der Waals surface area contributed by atoms with Crippen molar-refractivity contribution >= 4 is 21.8 Å². The van der Waals surface area contributed by atoms with E-state index < -0.39 is 5.82 Å². The van der Waals surface area contributed by atoms with Crippen LogP contribution < -0.4 is 0 Å². The molecule has 0 unspecified atom stereocenters. The van der Waals surface area contributed by atoms with Crippen molar-refractivity contribution in [3.8, 4) is 6.07 Å². The monoisotopic (exact) mass is 310 g/mol. The highest BCUT2D eigenvalue weighted by Crippen LogP contribution is 2.29. The van der Waals surface area contributed by atoms with Crippen molar-refractivity contribution in [2.45, 2.75) is 25.3 Å². The van der Waals surface area contributed by atoms with E-state index in [-0.39, 0.29) is 28.4 Å². The minimum atomic E-state index is -0.537. The molecule has 0 aliphatic heterocycles. The van der Waals surface area contributed by atoms with Crippen LogP contribution in [0.4, 0.5) is 4.39 Å². The summed E-state index contributed by atoms with van der Waals surface area (Å²) < 4.78 is 14.1. The Balaban J connectivity index is 2.22. The first-order chi connectivity index (χ1) is 8.65. The van der Waals surface area contributed by atoms with Crippen LogP contribution in [0.3, 0.4) is 0 Å². The van der Waals surface area contributed by atoms with Crippen molar-refractivity contribution < 1.29 is 9.18 Å². The molecule has 0 radical (unpaired) electrons. The van der Waals surface area contributed by atoms with Crippen molar-refractivity contribution in [2.75, 3.05) is 6.54 Å². The van der Waals surface area contributed by atoms with Crippen LogP contribution in [-0.4, -0.2) is 23.4 Å². The fourth-order valence-electron chi connectivity index (χ4n) is 1.83. The molecule has 3 nitrogen and oxygen atoms in total. The van der Waals surface area contributed by atoms with Crippen molar-refractivity contribution in [3.05, 3.63) is 34.1 Å². The van der Waals surface area contributed by atoms with Crippen LogP contribution in [0.1, 0.15) is 29.6 Å². The normalized spacial score (nSPS) is 14.1. The summed E-state index contributed by atoms with van der Waals surface area (Å²) in [4.78, 5) is 13.9. The second kappa shape index (κ2) is 5.49. The number of carbonyl (C=O) groups is 1. The lowest BCUT2D eigenvalue weighted by Crippen LogP contribution is -2.34. The van der Waals surface area contributed by atoms with Gasteiger partial charge in [-0.25, -0.2) is 4.39 Å². The third-order valence-corrected chi connectivity index (χ3v) is 3.51. The molecular formula is C13H12BrFN2O. The van der Waals surface area contributed by atoms with E-state index in [0.29, 0.717) is 6.54 Å². The quantitative estimate of drug-likeness (QED) is 0.857. The van der Waals surface area contributed by atoms with E-state index >= 15 is 0 Å². The number of amides is 1. The van der Waals surface area contributed by atoms with Crippen LogP contribution in [0, 0.1) is 17.1 Å². The maximum atomic E-state index is 13.9. The average Bonchev–Trinajstić information content (AvgIpc) is 3.17. The second-order valence-corrected chi connectivity index (χ2v) is 5.09. The van der Waals surface area contributed by atoms with Gasteiger partial charge in [0.05, 0.1) is 22.5 Å². The lowest BCUT2D eigenvalue weighted by molar-refractivity contribution is 0.0742. The highest BCUT2D eigenvalue weighted by atomic mass is 79.9. The highest BCUT2D eigenvalue weighted by Gasteiger charge is 2.33. The predicted octanol–water partition coefficient (Wildman–Crippen LogP) is 3.11. The van der Waals surface area contributed by atoms with Gasteiger partial charge in [0, 0.05) is 12.6 Å². The van der Waals surface area contributed by atoms with Gasteiger partial charge >= 0.3 is 0 Å². The van der Waals surface area contributed by atoms with Crippen LogP contribution in [0.2, 0.25) is 0 Å². The van der Waals surface area contributed by atoms with Crippen LogP contribution >= 0.6 is 15.9 Å². The van der Waals surface area contributed by atoms with Crippen molar-refractivity contribution in [1.29, 1.82) is 5.26 Å². The molecule has 1 saturated carbocycles. The highest BCUT2D eigenvalue weighted by molar-refractivity contribution is 9.10. The van der Waals surface area contributed by atoms with E-state index in [4.69, 9.17) is 5.26 Å². The molecule has 0 N–H and O–H groups in total. The van der Waals surface area contributed by atoms with E-state index in [1.807, 2.05) is 6.07 Å². The van der Waals surface area contributed by atoms with Crippen molar-refractivity contribution in [2.24, 2.45) is 0 Å². The Morgan fingerprint density at radius 2 is 2.28 bits per heavy atom. The van der Waals surface area contributed by atoms with Gasteiger partial charge in [0.2, 0.25) is 0 Å². The number of halogens is 2. The molecule has 0 aromatic heterocycles. The average molecular weight is 311 g/mol. The molecule has 0 saturated heterocycles. The molecule has 0 heterocycles. The molecule has 1 fully saturated rings. The number of hydrogen-bond acceptors (Lipinski definition) is 2. The topological polar surface area (TPSA) is 44.1 Å². The first-order valence-electron chi connectivity index (χ1n) is 5.77. The molecule has 0 spiro atoms. The summed E-state index contributed by atoms with van der Waals surface area (Å²) in [6.45, 7) is 0.367. The molecule has 18 heavy (non-hydrogen) atoms. The predicted molar refractivity (Wildman–Crippen MR) is 68.4 cm³/mol. The minimum Gasteiger partial charge on any atom is -0.335 e. The lowest BCUT2D eigenvalue weighted by Gasteiger charge is -2.21. The number of benzene rings is 1. The van der Waals surface area contributed by atoms with Gasteiger partial charge < -0.3 is 4.90 Å². The Bertz CT molecular complexity index is 508. The smallest absolute Gasteiger partial charge is 0.257 e. The fourth-order valence-corrected chi connectivity index (χ4v) is 2.20. The Labute approximate surface area is 113 Å². The third kappa shape index (κ3) is 2.70. The van der Waals surface area contributed by atoms with E-state index in [9.17, 15) is 9.18 Å². The van der Waals surface area contributed by atoms with E-state index in [1.165, 1.54) is 6.07 Å². The minimum absolute atomic E-state index is 0.0641. The summed E-state index contributed by atoms with van der Waals surface area (Å²) in [5.74, 6) is -0.864. The molecule has 94 valence electrons. The Morgan fingerprint density at radius 1 is 1.56 bits per heavy atom. The molecule has 1 amide bonds. The molecule has 1 aliphatic rings. The zero-order chi connectivity index (χ0) is 13.1. The zero-order valence-electron chi connectivity index (χ0n) is 9.70. The Morgan fingerprint density at radius 3 is 2.89 bits per heavy atom. The van der Waals surface area contributed by atoms with Gasteiger partial charge in [-0.15, -0.1) is 0 Å². The molecule has 0 atom stereocenters. The van der Waals surface area contributed by atoms with Crippen LogP contribution in [0.5, 0.6) is 0 Å². The standard InChI is InChI=1S/C13H12BrFN2O/c14-11-4-1-3-10(12(11)15)13(18)17(8-2-7-16)9-5-6-9/h1,3-4,9H,2,5-6,8H2. The number of carbonyl (C=O) groups excluding carboxylic acids is 1. The number of hydrogen-bond donors (Lipinski definition) is 0. The summed E-state index contributed by atoms with van der Waals surface area (Å²) in [6, 6.07) is 6.86. The van der Waals surface area contributed by atoms with E-state index in [1.54, 1.807) is 17.0 Å². The number of nitriles is 1. The summed E-state index contributed by atoms with van der Waals surface area (Å²) in [5.41, 5.74) is 0.0641. The summed E-state index contributed by atoms with van der Waals surface area (Å²) in [5, 5.41) is 8.60. The SMILES string of the molecule is N#CCCN(C(=O)c1cccc(Br)c1F)C1CC1. The van der Waals surface area contributed by atoms with Gasteiger partial charge in [0.25, 0.3) is 5.91 Å². The summed E-state index contributed by atoms with van der Waals surface area (Å²) >= 11 is 3.07. The summed E-state index contributed by atoms with van der Waals surface area (Å²) in [7, 11) is 0. The van der Waals surface area contributed by atoms with E-state index in [0.717, 1.165) is 12.8 Å². The lowest BCUT2D eigenvalue weighted by atomic mass is 10.1. The van der Waals surface area contributed by atoms with Crippen LogP contribution in [0.15, 0.2) is 22.7 Å². The zero-order valence-corrected chi connectivity index (χ0v) is 11.3. The van der Waals surface area contributed by atoms with Crippen LogP contribution in [-0.2, 0) is 0 Å². The largest absolute Gasteiger partial charge is 0.335 e. The van der Waals surface area contributed by atoms with Gasteiger partial charge in [0.15, 0.2) is 0 Å². The van der Waals surface area contributed by atoms with Gasteiger partial charge in [0.1, 0.15) is 5.82 Å². The maximum Gasteiger partial charge on any atom is 0.257 e. The molecular weight excluding hydrogens is 299 g/mol. The van der Waals surface area contributed by atoms with Crippen LogP contribution in [0.25, 0.3) is 0 Å². The molecule has 1 aliphatic carbocycles. The van der Waals surface area contributed by atoms with Gasteiger partial charge in [-0.05, 0) is 40.9 Å². The van der Waals surface area contributed by atoms with Crippen molar-refractivity contribution in [3.63, 3.8) is 0 Å². The molecule has 2 rings (SSSR count). The first kappa shape index (κ1) is 13.0. The Hall–Kier alpha value is -1.41. The maximum absolute atomic E-state index is 13.9. The van der Waals surface area contributed by atoms with Gasteiger partial charge in [-0.3, -0.25) is 4.79 Å². The number of nitrogens with zero attached hydrogens (tertiary/aromatic N) is 2. The third-order valence-electron chi connectivity index (χ3n) is 2.90. The van der Waals surface area contributed by atoms with E-state index in [2.05, 4.69) is 15.9 Å². The van der Waals surface area contributed by atoms with Gasteiger partial charge in [-0.2, -0.15) is 5.26 Å². The Kier molecular flexibility index (Phi) is 3.97. The molecule has 1 aromatic rings.